The number of nitrogens with zero attached hydrogens (tertiary/aromatic N) is 3. The number of aromatic hydroxyl groups is 1. The third kappa shape index (κ3) is 4.98. The standard InChI is InChI=1S/C25H31N7O.C2H6/c1-15-23-19(12-20(26)18-4-2-3-5-22(18)33)24(27)31-21(23)8-11-32(15)25-29-13-17(14-30-25)16-6-9-28-10-7-16;1-2/h2-5,12-16,28,31,33H,6-11,26-27H2,1H3;1-2H3/b20-12-;/t15-;/m1./s1. The number of aromatic nitrogens is 3. The van der Waals surface area contributed by atoms with E-state index in [1.807, 2.05) is 38.4 Å². The number of hydrogen-bond acceptors (Lipinski definition) is 7. The Balaban J connectivity index is 0.00000141. The predicted molar refractivity (Wildman–Crippen MR) is 143 cm³/mol. The number of aromatic amines is 1. The van der Waals surface area contributed by atoms with E-state index in [0.717, 1.165) is 61.7 Å². The van der Waals surface area contributed by atoms with Crippen molar-refractivity contribution in [3.05, 3.63) is 64.6 Å². The molecule has 2 aliphatic heterocycles. The van der Waals surface area contributed by atoms with Gasteiger partial charge in [0.05, 0.1) is 6.04 Å². The molecule has 1 saturated heterocycles. The van der Waals surface area contributed by atoms with Gasteiger partial charge in [-0.15, -0.1) is 0 Å². The number of nitrogens with two attached hydrogens (primary N) is 2. The van der Waals surface area contributed by atoms with Crippen molar-refractivity contribution in [1.29, 1.82) is 0 Å². The van der Waals surface area contributed by atoms with E-state index in [2.05, 4.69) is 22.1 Å². The molecule has 0 spiro atoms. The average Bonchev–Trinajstić information content (AvgIpc) is 3.22. The fraction of sp³-hybridized carbons (Fsp3) is 0.407. The van der Waals surface area contributed by atoms with Crippen LogP contribution in [0.1, 0.15) is 73.5 Å². The lowest BCUT2D eigenvalue weighted by atomic mass is 9.92. The molecule has 35 heavy (non-hydrogen) atoms. The largest absolute Gasteiger partial charge is 0.507 e. The zero-order valence-corrected chi connectivity index (χ0v) is 20.9. The Morgan fingerprint density at radius 3 is 2.51 bits per heavy atom. The number of benzene rings is 1. The van der Waals surface area contributed by atoms with Gasteiger partial charge in [-0.3, -0.25) is 0 Å². The van der Waals surface area contributed by atoms with Gasteiger partial charge in [0.1, 0.15) is 11.6 Å². The van der Waals surface area contributed by atoms with Crippen LogP contribution in [-0.4, -0.2) is 39.7 Å². The van der Waals surface area contributed by atoms with Crippen molar-refractivity contribution in [3.63, 3.8) is 0 Å². The average molecular weight is 476 g/mol. The van der Waals surface area contributed by atoms with Crippen molar-refractivity contribution < 1.29 is 5.11 Å². The van der Waals surface area contributed by atoms with Crippen LogP contribution in [0.4, 0.5) is 11.8 Å². The molecule has 1 atom stereocenters. The van der Waals surface area contributed by atoms with Gasteiger partial charge >= 0.3 is 0 Å². The summed E-state index contributed by atoms with van der Waals surface area (Å²) in [6.07, 6.45) is 8.90. The maximum atomic E-state index is 10.2. The van der Waals surface area contributed by atoms with E-state index in [9.17, 15) is 5.11 Å². The van der Waals surface area contributed by atoms with Crippen LogP contribution in [-0.2, 0) is 6.42 Å². The third-order valence-electron chi connectivity index (χ3n) is 6.92. The van der Waals surface area contributed by atoms with Crippen molar-refractivity contribution >= 4 is 23.5 Å². The lowest BCUT2D eigenvalue weighted by Crippen LogP contribution is -2.35. The van der Waals surface area contributed by atoms with E-state index < -0.39 is 0 Å². The van der Waals surface area contributed by atoms with Crippen molar-refractivity contribution in [2.24, 2.45) is 5.73 Å². The van der Waals surface area contributed by atoms with Crippen LogP contribution in [0.5, 0.6) is 5.75 Å². The van der Waals surface area contributed by atoms with E-state index in [-0.39, 0.29) is 11.8 Å². The van der Waals surface area contributed by atoms with E-state index in [1.54, 1.807) is 18.2 Å². The molecule has 1 aromatic carbocycles. The van der Waals surface area contributed by atoms with Crippen LogP contribution >= 0.6 is 0 Å². The lowest BCUT2D eigenvalue weighted by molar-refractivity contribution is 0.458. The summed E-state index contributed by atoms with van der Waals surface area (Å²) in [5, 5.41) is 13.6. The first kappa shape index (κ1) is 24.6. The summed E-state index contributed by atoms with van der Waals surface area (Å²) in [6, 6.07) is 7.07. The van der Waals surface area contributed by atoms with Gasteiger partial charge in [-0.2, -0.15) is 0 Å². The van der Waals surface area contributed by atoms with Crippen LogP contribution < -0.4 is 21.7 Å². The molecule has 7 N–H and O–H groups in total. The number of anilines is 2. The number of nitrogen functional groups attached to an aromatic ring is 1. The monoisotopic (exact) mass is 475 g/mol. The van der Waals surface area contributed by atoms with Crippen molar-refractivity contribution in [2.45, 2.75) is 52.0 Å². The molecular weight excluding hydrogens is 438 g/mol. The Bertz CT molecular complexity index is 1160. The van der Waals surface area contributed by atoms with Crippen molar-refractivity contribution in [2.75, 3.05) is 30.3 Å². The number of H-pyrrole nitrogens is 1. The molecule has 0 bridgehead atoms. The Kier molecular flexibility index (Phi) is 7.60. The minimum absolute atomic E-state index is 0.0236. The fourth-order valence-electron chi connectivity index (χ4n) is 5.09. The first-order valence-corrected chi connectivity index (χ1v) is 12.6. The topological polar surface area (TPSA) is 129 Å². The van der Waals surface area contributed by atoms with Gasteiger partial charge < -0.3 is 31.8 Å². The van der Waals surface area contributed by atoms with Crippen molar-refractivity contribution in [1.82, 2.24) is 20.3 Å². The molecule has 186 valence electrons. The van der Waals surface area contributed by atoms with Gasteiger partial charge in [-0.25, -0.2) is 9.97 Å². The highest BCUT2D eigenvalue weighted by Gasteiger charge is 2.31. The van der Waals surface area contributed by atoms with Gasteiger partial charge in [0.15, 0.2) is 0 Å². The van der Waals surface area contributed by atoms with Gasteiger partial charge in [-0.05, 0) is 62.5 Å². The molecule has 8 heteroatoms. The number of hydrogen-bond donors (Lipinski definition) is 5. The third-order valence-corrected chi connectivity index (χ3v) is 6.92. The molecule has 0 unspecified atom stereocenters. The summed E-state index contributed by atoms with van der Waals surface area (Å²) >= 11 is 0. The highest BCUT2D eigenvalue weighted by molar-refractivity contribution is 5.86. The van der Waals surface area contributed by atoms with Crippen LogP contribution in [0.15, 0.2) is 36.7 Å². The molecule has 0 radical (unpaired) electrons. The van der Waals surface area contributed by atoms with E-state index in [4.69, 9.17) is 21.4 Å². The number of para-hydroxylation sites is 1. The molecule has 8 nitrogen and oxygen atoms in total. The van der Waals surface area contributed by atoms with Gasteiger partial charge in [-0.1, -0.05) is 26.0 Å². The predicted octanol–water partition coefficient (Wildman–Crippen LogP) is 4.17. The Labute approximate surface area is 207 Å². The highest BCUT2D eigenvalue weighted by atomic mass is 16.3. The molecule has 0 amide bonds. The number of phenols is 1. The molecule has 5 rings (SSSR count). The van der Waals surface area contributed by atoms with Crippen LogP contribution in [0, 0.1) is 0 Å². The molecule has 2 aromatic heterocycles. The molecule has 2 aliphatic rings. The fourth-order valence-corrected chi connectivity index (χ4v) is 5.09. The minimum atomic E-state index is 0.0236. The van der Waals surface area contributed by atoms with E-state index >= 15 is 0 Å². The van der Waals surface area contributed by atoms with Gasteiger partial charge in [0, 0.05) is 53.4 Å². The van der Waals surface area contributed by atoms with Gasteiger partial charge in [0.2, 0.25) is 5.95 Å². The molecule has 0 saturated carbocycles. The molecule has 4 heterocycles. The molecule has 3 aromatic rings. The number of piperidine rings is 1. The minimum Gasteiger partial charge on any atom is -0.507 e. The summed E-state index contributed by atoms with van der Waals surface area (Å²) in [6.45, 7) is 9.04. The zero-order valence-electron chi connectivity index (χ0n) is 20.9. The van der Waals surface area contributed by atoms with E-state index in [1.165, 1.54) is 5.56 Å². The maximum absolute atomic E-state index is 10.2. The zero-order chi connectivity index (χ0) is 24.9. The SMILES string of the molecule is CC.C[C@@H]1c2c([nH]c(N)c2/C=C(\N)c2ccccc2O)CCN1c1ncc(C2CCNCC2)cn1. The van der Waals surface area contributed by atoms with Crippen LogP contribution in [0.2, 0.25) is 0 Å². The summed E-state index contributed by atoms with van der Waals surface area (Å²) in [7, 11) is 0. The second kappa shape index (κ2) is 10.8. The smallest absolute Gasteiger partial charge is 0.225 e. The van der Waals surface area contributed by atoms with Crippen LogP contribution in [0.3, 0.4) is 0 Å². The second-order valence-electron chi connectivity index (χ2n) is 8.92. The Hall–Kier alpha value is -3.52. The second-order valence-corrected chi connectivity index (χ2v) is 8.92. The van der Waals surface area contributed by atoms with Crippen LogP contribution in [0.25, 0.3) is 11.8 Å². The molecule has 0 aliphatic carbocycles. The normalized spacial score (nSPS) is 18.5. The quantitative estimate of drug-likeness (QED) is 0.383. The summed E-state index contributed by atoms with van der Waals surface area (Å²) in [4.78, 5) is 15.0. The highest BCUT2D eigenvalue weighted by Crippen LogP contribution is 2.38. The number of fused-ring (bicyclic) bond motifs is 1. The lowest BCUT2D eigenvalue weighted by Gasteiger charge is -2.34. The first-order chi connectivity index (χ1) is 17.0. The first-order valence-electron chi connectivity index (χ1n) is 12.6. The van der Waals surface area contributed by atoms with Gasteiger partial charge in [0.25, 0.3) is 0 Å². The maximum Gasteiger partial charge on any atom is 0.225 e. The molecule has 1 fully saturated rings. The Morgan fingerprint density at radius 2 is 1.83 bits per heavy atom. The number of phenolic OH excluding ortho intramolecular Hbond substituents is 1. The molecular formula is C27H37N7O. The van der Waals surface area contributed by atoms with E-state index in [0.29, 0.717) is 23.0 Å². The Morgan fingerprint density at radius 1 is 1.14 bits per heavy atom. The summed E-state index contributed by atoms with van der Waals surface area (Å²) in [5.41, 5.74) is 18.1. The summed E-state index contributed by atoms with van der Waals surface area (Å²) in [5.74, 6) is 1.99. The summed E-state index contributed by atoms with van der Waals surface area (Å²) < 4.78 is 0. The van der Waals surface area contributed by atoms with Crippen molar-refractivity contribution in [3.8, 4) is 5.75 Å². The number of nitrogens with one attached hydrogen (secondary N) is 2. The number of rotatable bonds is 4.